The largest absolute Gasteiger partial charge is 0.370 e. The third kappa shape index (κ3) is 4.42. The molecular formula is C21H25F3N2O3. The van der Waals surface area contributed by atoms with Gasteiger partial charge in [-0.2, -0.15) is 0 Å². The van der Waals surface area contributed by atoms with Crippen molar-refractivity contribution in [3.8, 4) is 0 Å². The molecule has 1 aromatic rings. The van der Waals surface area contributed by atoms with E-state index in [0.717, 1.165) is 44.6 Å². The third-order valence-electron chi connectivity index (χ3n) is 6.25. The smallest absolute Gasteiger partial charge is 0.225 e. The van der Waals surface area contributed by atoms with Gasteiger partial charge in [-0.05, 0) is 50.7 Å². The Kier molecular flexibility index (Phi) is 5.55. The lowest BCUT2D eigenvalue weighted by molar-refractivity contribution is -0.139. The van der Waals surface area contributed by atoms with Crippen molar-refractivity contribution in [3.05, 3.63) is 35.1 Å². The second kappa shape index (κ2) is 7.97. The highest BCUT2D eigenvalue weighted by atomic mass is 19.2. The molecule has 3 aliphatic rings. The Morgan fingerprint density at radius 3 is 2.45 bits per heavy atom. The van der Waals surface area contributed by atoms with Crippen LogP contribution in [0.25, 0.3) is 0 Å². The van der Waals surface area contributed by atoms with Gasteiger partial charge in [0.15, 0.2) is 11.6 Å². The average molecular weight is 410 g/mol. The van der Waals surface area contributed by atoms with Crippen LogP contribution in [0, 0.1) is 23.4 Å². The summed E-state index contributed by atoms with van der Waals surface area (Å²) in [7, 11) is 0. The van der Waals surface area contributed by atoms with Crippen LogP contribution < -0.4 is 5.32 Å². The Labute approximate surface area is 167 Å². The quantitative estimate of drug-likeness (QED) is 0.760. The van der Waals surface area contributed by atoms with Crippen LogP contribution in [0.3, 0.4) is 0 Å². The summed E-state index contributed by atoms with van der Waals surface area (Å²) in [4.78, 5) is 26.2. The zero-order valence-electron chi connectivity index (χ0n) is 16.2. The van der Waals surface area contributed by atoms with Crippen LogP contribution in [0.5, 0.6) is 0 Å². The normalized spacial score (nSPS) is 23.4. The van der Waals surface area contributed by atoms with Crippen LogP contribution >= 0.6 is 0 Å². The van der Waals surface area contributed by atoms with Crippen LogP contribution in [-0.2, 0) is 20.7 Å². The van der Waals surface area contributed by atoms with Gasteiger partial charge in [0.2, 0.25) is 11.8 Å². The van der Waals surface area contributed by atoms with Crippen molar-refractivity contribution in [1.29, 1.82) is 0 Å². The van der Waals surface area contributed by atoms with E-state index < -0.39 is 35.3 Å². The number of amides is 2. The summed E-state index contributed by atoms with van der Waals surface area (Å²) in [6.45, 7) is 1.64. The van der Waals surface area contributed by atoms with E-state index >= 15 is 0 Å². The molecule has 5 nitrogen and oxygen atoms in total. The molecule has 2 heterocycles. The van der Waals surface area contributed by atoms with Crippen LogP contribution in [0.4, 0.5) is 13.2 Å². The van der Waals surface area contributed by atoms with Crippen molar-refractivity contribution >= 4 is 11.8 Å². The second-order valence-electron chi connectivity index (χ2n) is 8.36. The molecule has 0 radical (unpaired) electrons. The van der Waals surface area contributed by atoms with Crippen molar-refractivity contribution in [2.45, 2.75) is 56.7 Å². The van der Waals surface area contributed by atoms with Gasteiger partial charge in [0, 0.05) is 31.1 Å². The monoisotopic (exact) mass is 410 g/mol. The zero-order chi connectivity index (χ0) is 20.6. The van der Waals surface area contributed by atoms with E-state index in [-0.39, 0.29) is 30.1 Å². The third-order valence-corrected chi connectivity index (χ3v) is 6.25. The van der Waals surface area contributed by atoms with Crippen molar-refractivity contribution in [2.24, 2.45) is 5.92 Å². The Balaban J connectivity index is 1.24. The molecule has 3 fully saturated rings. The summed E-state index contributed by atoms with van der Waals surface area (Å²) in [5, 5.41) is 2.63. The number of hydrogen-bond acceptors (Lipinski definition) is 3. The minimum atomic E-state index is -1.33. The number of nitrogens with one attached hydrogen (secondary N) is 1. The molecule has 1 spiro atoms. The van der Waals surface area contributed by atoms with Gasteiger partial charge < -0.3 is 15.0 Å². The highest BCUT2D eigenvalue weighted by Gasteiger charge is 2.44. The van der Waals surface area contributed by atoms with Crippen LogP contribution in [0.15, 0.2) is 12.1 Å². The van der Waals surface area contributed by atoms with Crippen molar-refractivity contribution in [1.82, 2.24) is 10.2 Å². The lowest BCUT2D eigenvalue weighted by Gasteiger charge is -2.39. The molecular weight excluding hydrogens is 385 g/mol. The molecule has 1 atom stereocenters. The minimum absolute atomic E-state index is 0.174. The molecule has 0 bridgehead atoms. The fourth-order valence-electron chi connectivity index (χ4n) is 4.31. The standard InChI is InChI=1S/C21H25F3N2O3/c22-16-3-4-17(23)19(24)15(16)11-18(27)25-12-14-5-6-21(29-14)7-9-26(10-8-21)20(28)13-1-2-13/h3-4,13-14H,1-2,5-12H2,(H,25,27)/t14-/m1/s1. The maximum Gasteiger partial charge on any atom is 0.225 e. The van der Waals surface area contributed by atoms with E-state index in [9.17, 15) is 22.8 Å². The second-order valence-corrected chi connectivity index (χ2v) is 8.36. The molecule has 2 amide bonds. The van der Waals surface area contributed by atoms with Gasteiger partial charge in [0.05, 0.1) is 18.1 Å². The number of nitrogens with zero attached hydrogens (tertiary/aromatic N) is 1. The van der Waals surface area contributed by atoms with Gasteiger partial charge in [0.1, 0.15) is 5.82 Å². The van der Waals surface area contributed by atoms with E-state index in [2.05, 4.69) is 5.32 Å². The van der Waals surface area contributed by atoms with Crippen LogP contribution in [-0.4, -0.2) is 48.1 Å². The van der Waals surface area contributed by atoms with Crippen molar-refractivity contribution < 1.29 is 27.5 Å². The highest BCUT2D eigenvalue weighted by molar-refractivity contribution is 5.81. The number of ether oxygens (including phenoxy) is 1. The summed E-state index contributed by atoms with van der Waals surface area (Å²) in [5.74, 6) is -3.54. The van der Waals surface area contributed by atoms with Gasteiger partial charge in [-0.3, -0.25) is 9.59 Å². The van der Waals surface area contributed by atoms with Gasteiger partial charge in [-0.25, -0.2) is 13.2 Å². The van der Waals surface area contributed by atoms with Gasteiger partial charge in [0.25, 0.3) is 0 Å². The molecule has 4 rings (SSSR count). The Bertz CT molecular complexity index is 805. The SMILES string of the molecule is O=C(Cc1c(F)ccc(F)c1F)NC[C@H]1CCC2(CCN(C(=O)C3CC3)CC2)O1. The van der Waals surface area contributed by atoms with E-state index in [4.69, 9.17) is 4.74 Å². The van der Waals surface area contributed by atoms with Crippen molar-refractivity contribution in [3.63, 3.8) is 0 Å². The van der Waals surface area contributed by atoms with Gasteiger partial charge in [-0.15, -0.1) is 0 Å². The Morgan fingerprint density at radius 1 is 1.07 bits per heavy atom. The van der Waals surface area contributed by atoms with Crippen LogP contribution in [0.2, 0.25) is 0 Å². The van der Waals surface area contributed by atoms with Crippen LogP contribution in [0.1, 0.15) is 44.1 Å². The number of likely N-dealkylation sites (tertiary alicyclic amines) is 1. The summed E-state index contributed by atoms with van der Waals surface area (Å²) >= 11 is 0. The fraction of sp³-hybridized carbons (Fsp3) is 0.619. The number of benzene rings is 1. The summed E-state index contributed by atoms with van der Waals surface area (Å²) in [5.41, 5.74) is -0.824. The number of piperidine rings is 1. The molecule has 0 aromatic heterocycles. The Morgan fingerprint density at radius 2 is 1.76 bits per heavy atom. The minimum Gasteiger partial charge on any atom is -0.370 e. The molecule has 158 valence electrons. The number of rotatable bonds is 5. The summed E-state index contributed by atoms with van der Waals surface area (Å²) in [6.07, 6.45) is 4.49. The highest BCUT2D eigenvalue weighted by Crippen LogP contribution is 2.40. The molecule has 0 unspecified atom stereocenters. The maximum atomic E-state index is 13.7. The van der Waals surface area contributed by atoms with E-state index in [0.29, 0.717) is 19.2 Å². The molecule has 2 aliphatic heterocycles. The average Bonchev–Trinajstić information content (AvgIpc) is 3.49. The summed E-state index contributed by atoms with van der Waals surface area (Å²) in [6, 6.07) is 1.51. The first-order valence-corrected chi connectivity index (χ1v) is 10.2. The number of hydrogen-bond donors (Lipinski definition) is 1. The predicted octanol–water partition coefficient (Wildman–Crippen LogP) is 2.71. The topological polar surface area (TPSA) is 58.6 Å². The molecule has 29 heavy (non-hydrogen) atoms. The van der Waals surface area contributed by atoms with Gasteiger partial charge >= 0.3 is 0 Å². The van der Waals surface area contributed by atoms with E-state index in [1.54, 1.807) is 0 Å². The lowest BCUT2D eigenvalue weighted by Crippen LogP contribution is -2.47. The molecule has 1 aromatic carbocycles. The fourth-order valence-corrected chi connectivity index (χ4v) is 4.31. The number of carbonyl (C=O) groups excluding carboxylic acids is 2. The first-order chi connectivity index (χ1) is 13.9. The Hall–Kier alpha value is -2.09. The first-order valence-electron chi connectivity index (χ1n) is 10.2. The lowest BCUT2D eigenvalue weighted by atomic mass is 9.88. The van der Waals surface area contributed by atoms with Crippen molar-refractivity contribution in [2.75, 3.05) is 19.6 Å². The number of carbonyl (C=O) groups is 2. The molecule has 2 saturated heterocycles. The molecule has 1 saturated carbocycles. The predicted molar refractivity (Wildman–Crippen MR) is 98.4 cm³/mol. The zero-order valence-corrected chi connectivity index (χ0v) is 16.2. The van der Waals surface area contributed by atoms with Gasteiger partial charge in [-0.1, -0.05) is 0 Å². The molecule has 8 heteroatoms. The summed E-state index contributed by atoms with van der Waals surface area (Å²) < 4.78 is 46.8. The first kappa shape index (κ1) is 20.2. The molecule has 1 aliphatic carbocycles. The van der Waals surface area contributed by atoms with E-state index in [1.807, 2.05) is 4.90 Å². The molecule has 1 N–H and O–H groups in total. The maximum absolute atomic E-state index is 13.7. The number of halogens is 3. The van der Waals surface area contributed by atoms with E-state index in [1.165, 1.54) is 0 Å².